The van der Waals surface area contributed by atoms with E-state index in [1.54, 1.807) is 0 Å². The lowest BCUT2D eigenvalue weighted by molar-refractivity contribution is -0.150. The first kappa shape index (κ1) is 18.4. The van der Waals surface area contributed by atoms with Gasteiger partial charge >= 0.3 is 5.97 Å². The van der Waals surface area contributed by atoms with E-state index in [1.807, 2.05) is 20.8 Å². The Labute approximate surface area is 130 Å². The van der Waals surface area contributed by atoms with Gasteiger partial charge < -0.3 is 15.0 Å². The minimum Gasteiger partial charge on any atom is -0.465 e. The molecule has 0 bridgehead atoms. The summed E-state index contributed by atoms with van der Waals surface area (Å²) in [5.41, 5.74) is -0.529. The van der Waals surface area contributed by atoms with Gasteiger partial charge in [0.05, 0.1) is 6.61 Å². The molecule has 4 nitrogen and oxygen atoms in total. The summed E-state index contributed by atoms with van der Waals surface area (Å²) in [6.07, 6.45) is 5.89. The molecular weight excluding hydrogens is 264 g/mol. The molecule has 1 unspecified atom stereocenters. The molecule has 1 saturated carbocycles. The van der Waals surface area contributed by atoms with Crippen molar-refractivity contribution >= 4 is 5.97 Å². The second-order valence-electron chi connectivity index (χ2n) is 6.38. The maximum atomic E-state index is 12.1. The van der Waals surface area contributed by atoms with Crippen LogP contribution in [-0.4, -0.2) is 49.2 Å². The summed E-state index contributed by atoms with van der Waals surface area (Å²) in [7, 11) is 0. The maximum Gasteiger partial charge on any atom is 0.326 e. The van der Waals surface area contributed by atoms with E-state index in [9.17, 15) is 4.79 Å². The summed E-state index contributed by atoms with van der Waals surface area (Å²) in [6, 6.07) is 0. The molecule has 0 heterocycles. The minimum atomic E-state index is -0.529. The van der Waals surface area contributed by atoms with Gasteiger partial charge in [-0.05, 0) is 71.5 Å². The molecule has 1 atom stereocenters. The highest BCUT2D eigenvalue weighted by Crippen LogP contribution is 2.29. The van der Waals surface area contributed by atoms with Gasteiger partial charge in [-0.3, -0.25) is 4.79 Å². The van der Waals surface area contributed by atoms with Gasteiger partial charge in [-0.1, -0.05) is 13.8 Å². The first-order valence-corrected chi connectivity index (χ1v) is 8.70. The van der Waals surface area contributed by atoms with Crippen molar-refractivity contribution in [2.24, 2.45) is 5.92 Å². The van der Waals surface area contributed by atoms with E-state index < -0.39 is 5.54 Å². The second-order valence-corrected chi connectivity index (χ2v) is 6.38. The van der Waals surface area contributed by atoms with Crippen molar-refractivity contribution in [1.82, 2.24) is 10.2 Å². The topological polar surface area (TPSA) is 41.6 Å². The molecule has 0 aliphatic heterocycles. The number of carbonyl (C=O) groups is 1. The number of nitrogens with zero attached hydrogens (tertiary/aromatic N) is 1. The fourth-order valence-corrected chi connectivity index (χ4v) is 2.80. The van der Waals surface area contributed by atoms with E-state index in [4.69, 9.17) is 4.74 Å². The molecule has 0 saturated heterocycles. The molecule has 0 radical (unpaired) electrons. The zero-order valence-corrected chi connectivity index (χ0v) is 14.4. The molecule has 1 aliphatic rings. The maximum absolute atomic E-state index is 12.1. The summed E-state index contributed by atoms with van der Waals surface area (Å²) in [6.45, 7) is 12.9. The predicted molar refractivity (Wildman–Crippen MR) is 87.4 cm³/mol. The van der Waals surface area contributed by atoms with Gasteiger partial charge in [0.25, 0.3) is 0 Å². The SMILES string of the molecule is CCNC(C)(CCCCN(CC)CC1CC1)C(=O)OCC. The highest BCUT2D eigenvalue weighted by Gasteiger charge is 2.33. The molecule has 1 aliphatic carbocycles. The Morgan fingerprint density at radius 3 is 2.52 bits per heavy atom. The minimum absolute atomic E-state index is 0.114. The largest absolute Gasteiger partial charge is 0.465 e. The number of carbonyl (C=O) groups excluding carboxylic acids is 1. The van der Waals surface area contributed by atoms with Crippen molar-refractivity contribution in [3.8, 4) is 0 Å². The summed E-state index contributed by atoms with van der Waals surface area (Å²) in [4.78, 5) is 14.6. The van der Waals surface area contributed by atoms with Crippen LogP contribution in [0.3, 0.4) is 0 Å². The number of rotatable bonds is 12. The number of hydrogen-bond donors (Lipinski definition) is 1. The predicted octanol–water partition coefficient (Wildman–Crippen LogP) is 2.82. The van der Waals surface area contributed by atoms with Crippen LogP contribution in [0, 0.1) is 5.92 Å². The Hall–Kier alpha value is -0.610. The third-order valence-corrected chi connectivity index (χ3v) is 4.35. The van der Waals surface area contributed by atoms with Crippen LogP contribution in [-0.2, 0) is 9.53 Å². The zero-order chi connectivity index (χ0) is 15.7. The first-order chi connectivity index (χ1) is 10.1. The van der Waals surface area contributed by atoms with E-state index in [0.717, 1.165) is 44.8 Å². The van der Waals surface area contributed by atoms with Crippen LogP contribution in [0.1, 0.15) is 59.8 Å². The van der Waals surface area contributed by atoms with Gasteiger partial charge in [-0.15, -0.1) is 0 Å². The van der Waals surface area contributed by atoms with Gasteiger partial charge in [0.2, 0.25) is 0 Å². The summed E-state index contributed by atoms with van der Waals surface area (Å²) >= 11 is 0. The third kappa shape index (κ3) is 6.79. The molecule has 1 fully saturated rings. The van der Waals surface area contributed by atoms with Crippen molar-refractivity contribution < 1.29 is 9.53 Å². The number of ether oxygens (including phenoxy) is 1. The number of esters is 1. The number of unbranched alkanes of at least 4 members (excludes halogenated alkanes) is 1. The number of nitrogens with one attached hydrogen (secondary N) is 1. The van der Waals surface area contributed by atoms with E-state index >= 15 is 0 Å². The second kappa shape index (κ2) is 9.42. The van der Waals surface area contributed by atoms with Crippen LogP contribution in [0.15, 0.2) is 0 Å². The lowest BCUT2D eigenvalue weighted by Gasteiger charge is -2.28. The molecule has 0 amide bonds. The van der Waals surface area contributed by atoms with Crippen molar-refractivity contribution in [1.29, 1.82) is 0 Å². The number of hydrogen-bond acceptors (Lipinski definition) is 4. The molecule has 21 heavy (non-hydrogen) atoms. The lowest BCUT2D eigenvalue weighted by atomic mass is 9.94. The van der Waals surface area contributed by atoms with Crippen molar-refractivity contribution in [2.45, 2.75) is 65.3 Å². The first-order valence-electron chi connectivity index (χ1n) is 8.70. The smallest absolute Gasteiger partial charge is 0.326 e. The molecule has 124 valence electrons. The van der Waals surface area contributed by atoms with Crippen LogP contribution < -0.4 is 5.32 Å². The fraction of sp³-hybridized carbons (Fsp3) is 0.941. The Bertz CT molecular complexity index is 305. The molecule has 1 rings (SSSR count). The summed E-state index contributed by atoms with van der Waals surface area (Å²) in [5.74, 6) is 0.841. The fourth-order valence-electron chi connectivity index (χ4n) is 2.80. The van der Waals surface area contributed by atoms with Crippen LogP contribution >= 0.6 is 0 Å². The molecule has 0 aromatic rings. The van der Waals surface area contributed by atoms with Gasteiger partial charge in [-0.25, -0.2) is 0 Å². The Balaban J connectivity index is 2.29. The van der Waals surface area contributed by atoms with E-state index in [0.29, 0.717) is 6.61 Å². The van der Waals surface area contributed by atoms with E-state index in [1.165, 1.54) is 19.4 Å². The number of likely N-dealkylation sites (N-methyl/N-ethyl adjacent to an activating group) is 1. The van der Waals surface area contributed by atoms with E-state index in [2.05, 4.69) is 17.1 Å². The Kier molecular flexibility index (Phi) is 8.27. The van der Waals surface area contributed by atoms with Crippen LogP contribution in [0.4, 0.5) is 0 Å². The van der Waals surface area contributed by atoms with Crippen LogP contribution in [0.2, 0.25) is 0 Å². The molecule has 4 heteroatoms. The molecule has 0 aromatic carbocycles. The van der Waals surface area contributed by atoms with Crippen molar-refractivity contribution in [3.63, 3.8) is 0 Å². The molecule has 1 N–H and O–H groups in total. The Morgan fingerprint density at radius 2 is 2.00 bits per heavy atom. The molecule has 0 spiro atoms. The zero-order valence-electron chi connectivity index (χ0n) is 14.4. The standard InChI is InChI=1S/C17H34N2O2/c1-5-18-17(4,16(20)21-7-3)12-8-9-13-19(6-2)14-15-10-11-15/h15,18H,5-14H2,1-4H3. The summed E-state index contributed by atoms with van der Waals surface area (Å²) in [5, 5.41) is 3.30. The average molecular weight is 298 g/mol. The van der Waals surface area contributed by atoms with Gasteiger partial charge in [0.15, 0.2) is 0 Å². The van der Waals surface area contributed by atoms with Crippen LogP contribution in [0.5, 0.6) is 0 Å². The van der Waals surface area contributed by atoms with Gasteiger partial charge in [-0.2, -0.15) is 0 Å². The average Bonchev–Trinajstić information content (AvgIpc) is 3.26. The molecular formula is C17H34N2O2. The van der Waals surface area contributed by atoms with Crippen molar-refractivity contribution in [2.75, 3.05) is 32.8 Å². The quantitative estimate of drug-likeness (QED) is 0.444. The summed E-state index contributed by atoms with van der Waals surface area (Å²) < 4.78 is 5.21. The highest BCUT2D eigenvalue weighted by molar-refractivity contribution is 5.80. The van der Waals surface area contributed by atoms with Crippen molar-refractivity contribution in [3.05, 3.63) is 0 Å². The Morgan fingerprint density at radius 1 is 1.29 bits per heavy atom. The molecule has 0 aromatic heterocycles. The van der Waals surface area contributed by atoms with Gasteiger partial charge in [0.1, 0.15) is 5.54 Å². The van der Waals surface area contributed by atoms with E-state index in [-0.39, 0.29) is 5.97 Å². The highest BCUT2D eigenvalue weighted by atomic mass is 16.5. The monoisotopic (exact) mass is 298 g/mol. The normalized spacial score (nSPS) is 17.8. The van der Waals surface area contributed by atoms with Crippen LogP contribution in [0.25, 0.3) is 0 Å². The third-order valence-electron chi connectivity index (χ3n) is 4.35. The van der Waals surface area contributed by atoms with Gasteiger partial charge in [0, 0.05) is 6.54 Å². The lowest BCUT2D eigenvalue weighted by Crippen LogP contribution is -2.50.